The van der Waals surface area contributed by atoms with Gasteiger partial charge in [0, 0.05) is 16.5 Å². The SMILES string of the molecule is COc1ccc(OC)c(NC(=O)CN2C(=O)N[C@]3(CCCc4sccc43)C2=O)c1. The number of hydrogen-bond acceptors (Lipinski definition) is 6. The van der Waals surface area contributed by atoms with E-state index >= 15 is 0 Å². The van der Waals surface area contributed by atoms with Crippen molar-refractivity contribution in [2.75, 3.05) is 26.1 Å². The molecule has 8 nitrogen and oxygen atoms in total. The van der Waals surface area contributed by atoms with E-state index in [0.29, 0.717) is 23.6 Å². The van der Waals surface area contributed by atoms with E-state index in [-0.39, 0.29) is 12.5 Å². The van der Waals surface area contributed by atoms with Crippen molar-refractivity contribution in [2.45, 2.75) is 24.8 Å². The lowest BCUT2D eigenvalue weighted by atomic mass is 9.80. The van der Waals surface area contributed by atoms with Crippen LogP contribution in [0.1, 0.15) is 23.3 Å². The standard InChI is InChI=1S/C20H21N3O5S/c1-27-12-5-6-15(28-2)14(10-12)21-17(24)11-23-18(25)20(22-19(23)26)8-3-4-16-13(20)7-9-29-16/h5-7,9-10H,3-4,8,11H2,1-2H3,(H,21,24)(H,22,26)/t20-/m0/s1. The van der Waals surface area contributed by atoms with Crippen molar-refractivity contribution in [3.05, 3.63) is 40.1 Å². The predicted molar refractivity (Wildman–Crippen MR) is 107 cm³/mol. The zero-order valence-corrected chi connectivity index (χ0v) is 16.9. The third-order valence-corrected chi connectivity index (χ3v) is 6.30. The van der Waals surface area contributed by atoms with Crippen LogP contribution < -0.4 is 20.1 Å². The molecule has 2 heterocycles. The molecule has 0 unspecified atom stereocenters. The van der Waals surface area contributed by atoms with Gasteiger partial charge in [-0.05, 0) is 42.8 Å². The molecule has 2 aliphatic rings. The second kappa shape index (κ2) is 7.40. The van der Waals surface area contributed by atoms with Gasteiger partial charge in [0.15, 0.2) is 0 Å². The maximum Gasteiger partial charge on any atom is 0.325 e. The number of anilines is 1. The number of rotatable bonds is 5. The highest BCUT2D eigenvalue weighted by Crippen LogP contribution is 2.42. The number of carbonyl (C=O) groups is 3. The van der Waals surface area contributed by atoms with Crippen LogP contribution in [0.3, 0.4) is 0 Å². The number of ether oxygens (including phenoxy) is 2. The van der Waals surface area contributed by atoms with Gasteiger partial charge in [-0.25, -0.2) is 4.79 Å². The molecule has 1 spiro atoms. The number of benzene rings is 1. The van der Waals surface area contributed by atoms with Gasteiger partial charge >= 0.3 is 6.03 Å². The van der Waals surface area contributed by atoms with E-state index in [1.54, 1.807) is 29.5 Å². The molecule has 0 saturated carbocycles. The Morgan fingerprint density at radius 2 is 2.10 bits per heavy atom. The highest BCUT2D eigenvalue weighted by Gasteiger charge is 2.54. The molecule has 1 saturated heterocycles. The van der Waals surface area contributed by atoms with Crippen LogP contribution in [-0.2, 0) is 21.5 Å². The predicted octanol–water partition coefficient (Wildman–Crippen LogP) is 2.49. The molecule has 0 bridgehead atoms. The van der Waals surface area contributed by atoms with Crippen molar-refractivity contribution in [3.8, 4) is 11.5 Å². The lowest BCUT2D eigenvalue weighted by molar-refractivity contribution is -0.134. The molecule has 29 heavy (non-hydrogen) atoms. The Balaban J connectivity index is 1.53. The molecule has 9 heteroatoms. The lowest BCUT2D eigenvalue weighted by Gasteiger charge is -2.31. The Kier molecular flexibility index (Phi) is 4.91. The quantitative estimate of drug-likeness (QED) is 0.732. The summed E-state index contributed by atoms with van der Waals surface area (Å²) in [6.45, 7) is -0.383. The number of urea groups is 1. The van der Waals surface area contributed by atoms with Gasteiger partial charge in [-0.2, -0.15) is 0 Å². The fraction of sp³-hybridized carbons (Fsp3) is 0.350. The molecule has 1 aromatic heterocycles. The fourth-order valence-corrected chi connectivity index (χ4v) is 4.93. The average molecular weight is 415 g/mol. The van der Waals surface area contributed by atoms with Crippen molar-refractivity contribution in [1.82, 2.24) is 10.2 Å². The number of thiophene rings is 1. The monoisotopic (exact) mass is 415 g/mol. The molecule has 1 atom stereocenters. The first-order chi connectivity index (χ1) is 14.0. The minimum absolute atomic E-state index is 0.380. The molecule has 2 aromatic rings. The van der Waals surface area contributed by atoms with Crippen LogP contribution in [0.25, 0.3) is 0 Å². The van der Waals surface area contributed by atoms with Crippen LogP contribution in [0.15, 0.2) is 29.6 Å². The van der Waals surface area contributed by atoms with Crippen molar-refractivity contribution >= 4 is 34.9 Å². The van der Waals surface area contributed by atoms with Crippen molar-refractivity contribution in [1.29, 1.82) is 0 Å². The number of carbonyl (C=O) groups excluding carboxylic acids is 3. The van der Waals surface area contributed by atoms with Crippen LogP contribution in [0.5, 0.6) is 11.5 Å². The zero-order valence-electron chi connectivity index (χ0n) is 16.1. The van der Waals surface area contributed by atoms with E-state index in [2.05, 4.69) is 10.6 Å². The minimum Gasteiger partial charge on any atom is -0.497 e. The molecule has 1 fully saturated rings. The van der Waals surface area contributed by atoms with E-state index in [1.165, 1.54) is 14.2 Å². The molecule has 4 amide bonds. The van der Waals surface area contributed by atoms with Crippen LogP contribution >= 0.6 is 11.3 Å². The van der Waals surface area contributed by atoms with Gasteiger partial charge in [-0.1, -0.05) is 0 Å². The maximum absolute atomic E-state index is 13.2. The third-order valence-electron chi connectivity index (χ3n) is 5.32. The smallest absolute Gasteiger partial charge is 0.325 e. The zero-order chi connectivity index (χ0) is 20.6. The largest absolute Gasteiger partial charge is 0.497 e. The summed E-state index contributed by atoms with van der Waals surface area (Å²) < 4.78 is 10.4. The molecule has 1 aliphatic carbocycles. The van der Waals surface area contributed by atoms with Gasteiger partial charge < -0.3 is 20.1 Å². The van der Waals surface area contributed by atoms with Crippen molar-refractivity contribution in [3.63, 3.8) is 0 Å². The second-order valence-electron chi connectivity index (χ2n) is 6.95. The Morgan fingerprint density at radius 1 is 1.28 bits per heavy atom. The van der Waals surface area contributed by atoms with Gasteiger partial charge in [-0.15, -0.1) is 11.3 Å². The summed E-state index contributed by atoms with van der Waals surface area (Å²) in [4.78, 5) is 40.5. The van der Waals surface area contributed by atoms with Crippen LogP contribution in [0, 0.1) is 0 Å². The highest BCUT2D eigenvalue weighted by atomic mass is 32.1. The number of aryl methyl sites for hydroxylation is 1. The number of imide groups is 1. The summed E-state index contributed by atoms with van der Waals surface area (Å²) in [5.74, 6) is 0.110. The van der Waals surface area contributed by atoms with Gasteiger partial charge in [0.25, 0.3) is 5.91 Å². The number of hydrogen-bond donors (Lipinski definition) is 2. The fourth-order valence-electron chi connectivity index (χ4n) is 3.93. The number of nitrogens with one attached hydrogen (secondary N) is 2. The summed E-state index contributed by atoms with van der Waals surface area (Å²) in [5, 5.41) is 7.47. The summed E-state index contributed by atoms with van der Waals surface area (Å²) >= 11 is 1.59. The van der Waals surface area contributed by atoms with Crippen molar-refractivity contribution < 1.29 is 23.9 Å². The van der Waals surface area contributed by atoms with E-state index in [0.717, 1.165) is 28.2 Å². The second-order valence-corrected chi connectivity index (χ2v) is 7.95. The molecule has 0 radical (unpaired) electrons. The van der Waals surface area contributed by atoms with Crippen LogP contribution in [0.2, 0.25) is 0 Å². The Hall–Kier alpha value is -3.07. The van der Waals surface area contributed by atoms with Crippen LogP contribution in [-0.4, -0.2) is 43.5 Å². The molecule has 1 aromatic carbocycles. The molecular formula is C20H21N3O5S. The molecule has 2 N–H and O–H groups in total. The molecule has 152 valence electrons. The minimum atomic E-state index is -1.06. The topological polar surface area (TPSA) is 97.0 Å². The van der Waals surface area contributed by atoms with E-state index in [9.17, 15) is 14.4 Å². The van der Waals surface area contributed by atoms with E-state index < -0.39 is 17.5 Å². The first-order valence-corrected chi connectivity index (χ1v) is 10.1. The summed E-state index contributed by atoms with van der Waals surface area (Å²) in [6.07, 6.45) is 2.23. The van der Waals surface area contributed by atoms with Gasteiger partial charge in [0.2, 0.25) is 5.91 Å². The van der Waals surface area contributed by atoms with Crippen molar-refractivity contribution in [2.24, 2.45) is 0 Å². The normalized spacial score (nSPS) is 20.4. The lowest BCUT2D eigenvalue weighted by Crippen LogP contribution is -2.46. The first-order valence-electron chi connectivity index (χ1n) is 9.21. The van der Waals surface area contributed by atoms with Gasteiger partial charge in [-0.3, -0.25) is 14.5 Å². The number of methoxy groups -OCH3 is 2. The van der Waals surface area contributed by atoms with E-state index in [1.807, 2.05) is 11.4 Å². The summed E-state index contributed by atoms with van der Waals surface area (Å²) in [6, 6.07) is 6.32. The first kappa shape index (κ1) is 19.3. The number of nitrogens with zero attached hydrogens (tertiary/aromatic N) is 1. The highest BCUT2D eigenvalue weighted by molar-refractivity contribution is 7.10. The average Bonchev–Trinajstić information content (AvgIpc) is 3.28. The molecular weight excluding hydrogens is 394 g/mol. The Morgan fingerprint density at radius 3 is 2.86 bits per heavy atom. The van der Waals surface area contributed by atoms with Crippen LogP contribution in [0.4, 0.5) is 10.5 Å². The molecule has 4 rings (SSSR count). The Bertz CT molecular complexity index is 988. The van der Waals surface area contributed by atoms with E-state index in [4.69, 9.17) is 9.47 Å². The molecule has 1 aliphatic heterocycles. The van der Waals surface area contributed by atoms with Gasteiger partial charge in [0.05, 0.1) is 19.9 Å². The Labute approximate surface area is 171 Å². The summed E-state index contributed by atoms with van der Waals surface area (Å²) in [7, 11) is 3.00. The number of fused-ring (bicyclic) bond motifs is 2. The van der Waals surface area contributed by atoms with Gasteiger partial charge in [0.1, 0.15) is 23.6 Å². The maximum atomic E-state index is 13.2. The summed E-state index contributed by atoms with van der Waals surface area (Å²) in [5.41, 5.74) is 0.194. The number of amides is 4. The third kappa shape index (κ3) is 3.21.